The van der Waals surface area contributed by atoms with Gasteiger partial charge in [-0.25, -0.2) is 9.18 Å². The van der Waals surface area contributed by atoms with Crippen molar-refractivity contribution in [1.82, 2.24) is 4.57 Å². The molecule has 4 nitrogen and oxygen atoms in total. The lowest BCUT2D eigenvalue weighted by molar-refractivity contribution is -0.0462. The first kappa shape index (κ1) is 20.7. The van der Waals surface area contributed by atoms with E-state index in [0.717, 1.165) is 35.3 Å². The van der Waals surface area contributed by atoms with Crippen molar-refractivity contribution in [3.8, 4) is 5.69 Å². The smallest absolute Gasteiger partial charge is 0.335 e. The van der Waals surface area contributed by atoms with Gasteiger partial charge in [0, 0.05) is 23.0 Å². The van der Waals surface area contributed by atoms with Crippen LogP contribution < -0.4 is 0 Å². The van der Waals surface area contributed by atoms with E-state index in [1.807, 2.05) is 18.3 Å². The van der Waals surface area contributed by atoms with Gasteiger partial charge in [0.1, 0.15) is 5.82 Å². The zero-order chi connectivity index (χ0) is 22.5. The highest BCUT2D eigenvalue weighted by molar-refractivity contribution is 5.89. The van der Waals surface area contributed by atoms with Crippen LogP contribution in [0.15, 0.2) is 66.4 Å². The molecular formula is C27H26FNO3. The second-order valence-electron chi connectivity index (χ2n) is 9.24. The molecule has 2 aromatic carbocycles. The molecular weight excluding hydrogens is 405 g/mol. The van der Waals surface area contributed by atoms with Gasteiger partial charge in [0.25, 0.3) is 0 Å². The number of aryl methyl sites for hydroxylation is 1. The zero-order valence-electron chi connectivity index (χ0n) is 18.0. The molecule has 2 atom stereocenters. The van der Waals surface area contributed by atoms with Gasteiger partial charge in [-0.15, -0.1) is 0 Å². The quantitative estimate of drug-likeness (QED) is 0.567. The molecule has 1 heterocycles. The van der Waals surface area contributed by atoms with E-state index < -0.39 is 17.0 Å². The summed E-state index contributed by atoms with van der Waals surface area (Å²) < 4.78 is 15.4. The van der Waals surface area contributed by atoms with Crippen LogP contribution in [0.2, 0.25) is 0 Å². The van der Waals surface area contributed by atoms with Gasteiger partial charge in [0.2, 0.25) is 0 Å². The van der Waals surface area contributed by atoms with Crippen LogP contribution in [0.1, 0.15) is 53.4 Å². The van der Waals surface area contributed by atoms with Crippen molar-refractivity contribution in [2.45, 2.75) is 44.6 Å². The summed E-state index contributed by atoms with van der Waals surface area (Å²) >= 11 is 0. The highest BCUT2D eigenvalue weighted by Gasteiger charge is 2.54. The van der Waals surface area contributed by atoms with E-state index in [0.29, 0.717) is 24.8 Å². The van der Waals surface area contributed by atoms with Crippen molar-refractivity contribution in [3.05, 3.63) is 94.6 Å². The predicted molar refractivity (Wildman–Crippen MR) is 121 cm³/mol. The minimum atomic E-state index is -0.935. The summed E-state index contributed by atoms with van der Waals surface area (Å²) in [6.07, 6.45) is 7.41. The van der Waals surface area contributed by atoms with Gasteiger partial charge in [0.05, 0.1) is 11.2 Å². The van der Waals surface area contributed by atoms with Crippen LogP contribution >= 0.6 is 0 Å². The van der Waals surface area contributed by atoms with Crippen LogP contribution in [-0.4, -0.2) is 26.4 Å². The Morgan fingerprint density at radius 1 is 1.12 bits per heavy atom. The van der Waals surface area contributed by atoms with Crippen molar-refractivity contribution in [3.63, 3.8) is 0 Å². The summed E-state index contributed by atoms with van der Waals surface area (Å²) in [5.74, 6) is -1.19. The summed E-state index contributed by atoms with van der Waals surface area (Å²) in [7, 11) is 0. The molecule has 3 aromatic rings. The maximum atomic E-state index is 13.4. The van der Waals surface area contributed by atoms with Gasteiger partial charge < -0.3 is 14.8 Å². The van der Waals surface area contributed by atoms with E-state index in [1.165, 1.54) is 17.7 Å². The number of carbonyl (C=O) groups is 1. The Morgan fingerprint density at radius 3 is 2.62 bits per heavy atom. The number of halogens is 1. The number of hydrogen-bond acceptors (Lipinski definition) is 2. The number of nitrogens with zero attached hydrogens (tertiary/aromatic N) is 1. The number of hydrogen-bond donors (Lipinski definition) is 2. The molecule has 0 spiro atoms. The van der Waals surface area contributed by atoms with Crippen LogP contribution in [0.25, 0.3) is 11.8 Å². The third-order valence-electron chi connectivity index (χ3n) is 7.57. The molecule has 0 radical (unpaired) electrons. The molecule has 5 heteroatoms. The molecule has 0 saturated heterocycles. The molecule has 0 aliphatic heterocycles. The third-order valence-corrected chi connectivity index (χ3v) is 7.57. The second-order valence-corrected chi connectivity index (χ2v) is 9.24. The van der Waals surface area contributed by atoms with E-state index in [2.05, 4.69) is 23.6 Å². The lowest BCUT2D eigenvalue weighted by Gasteiger charge is -2.43. The van der Waals surface area contributed by atoms with E-state index in [9.17, 15) is 19.4 Å². The number of aromatic nitrogens is 1. The maximum absolute atomic E-state index is 13.4. The minimum absolute atomic E-state index is 0.258. The molecule has 1 unspecified atom stereocenters. The van der Waals surface area contributed by atoms with Crippen molar-refractivity contribution in [2.75, 3.05) is 0 Å². The topological polar surface area (TPSA) is 62.5 Å². The lowest BCUT2D eigenvalue weighted by atomic mass is 9.65. The Kier molecular flexibility index (Phi) is 4.82. The van der Waals surface area contributed by atoms with E-state index in [1.54, 1.807) is 24.3 Å². The highest BCUT2D eigenvalue weighted by atomic mass is 19.1. The summed E-state index contributed by atoms with van der Waals surface area (Å²) in [4.78, 5) is 11.6. The largest absolute Gasteiger partial charge is 0.478 e. The number of aliphatic hydroxyl groups is 1. The number of carboxylic acids is 1. The Labute approximate surface area is 186 Å². The summed E-state index contributed by atoms with van der Waals surface area (Å²) in [5.41, 5.74) is 4.14. The molecule has 2 N–H and O–H groups in total. The van der Waals surface area contributed by atoms with Crippen molar-refractivity contribution < 1.29 is 19.4 Å². The number of rotatable bonds is 5. The molecule has 32 heavy (non-hydrogen) atoms. The average Bonchev–Trinajstić information content (AvgIpc) is 3.29. The number of benzene rings is 2. The number of fused-ring (bicyclic) bond motifs is 2. The fraction of sp³-hybridized carbons (Fsp3) is 0.296. The summed E-state index contributed by atoms with van der Waals surface area (Å²) in [6.45, 7) is 2.13. The van der Waals surface area contributed by atoms with Crippen molar-refractivity contribution in [2.24, 2.45) is 5.41 Å². The normalized spacial score (nSPS) is 24.0. The van der Waals surface area contributed by atoms with E-state index >= 15 is 0 Å². The van der Waals surface area contributed by atoms with Crippen LogP contribution in [0.4, 0.5) is 4.39 Å². The van der Waals surface area contributed by atoms with Crippen LogP contribution in [0, 0.1) is 11.2 Å². The monoisotopic (exact) mass is 431 g/mol. The molecule has 2 aliphatic carbocycles. The van der Waals surface area contributed by atoms with Crippen LogP contribution in [0.3, 0.4) is 0 Å². The first-order chi connectivity index (χ1) is 15.3. The average molecular weight is 432 g/mol. The zero-order valence-corrected chi connectivity index (χ0v) is 18.0. The lowest BCUT2D eigenvalue weighted by Crippen LogP contribution is -2.45. The fourth-order valence-corrected chi connectivity index (χ4v) is 5.56. The second kappa shape index (κ2) is 7.45. The molecule has 1 saturated carbocycles. The van der Waals surface area contributed by atoms with E-state index in [4.69, 9.17) is 0 Å². The molecule has 164 valence electrons. The Hall–Kier alpha value is -3.18. The number of aromatic carboxylic acids is 1. The van der Waals surface area contributed by atoms with Gasteiger partial charge in [-0.2, -0.15) is 0 Å². The SMILES string of the molecule is CC12Cc3ccn(-c4ccc(F)cc4)c3C=C1CC[C@@]2(O)CCc1ccccc1C(=O)O. The fourth-order valence-electron chi connectivity index (χ4n) is 5.56. The first-order valence-electron chi connectivity index (χ1n) is 11.0. The molecule has 0 bridgehead atoms. The van der Waals surface area contributed by atoms with Gasteiger partial charge in [-0.05, 0) is 85.7 Å². The van der Waals surface area contributed by atoms with E-state index in [-0.39, 0.29) is 5.82 Å². The van der Waals surface area contributed by atoms with Gasteiger partial charge in [-0.3, -0.25) is 0 Å². The van der Waals surface area contributed by atoms with Gasteiger partial charge in [-0.1, -0.05) is 30.7 Å². The van der Waals surface area contributed by atoms with Gasteiger partial charge >= 0.3 is 5.97 Å². The Balaban J connectivity index is 1.44. The molecule has 5 rings (SSSR count). The van der Waals surface area contributed by atoms with Crippen LogP contribution in [0.5, 0.6) is 0 Å². The Morgan fingerprint density at radius 2 is 1.88 bits per heavy atom. The Bertz CT molecular complexity index is 1230. The van der Waals surface area contributed by atoms with Gasteiger partial charge in [0.15, 0.2) is 0 Å². The molecule has 0 amide bonds. The first-order valence-corrected chi connectivity index (χ1v) is 11.0. The summed E-state index contributed by atoms with van der Waals surface area (Å²) in [6, 6.07) is 15.6. The number of carboxylic acid groups (broad SMARTS) is 1. The predicted octanol–water partition coefficient (Wildman–Crippen LogP) is 5.42. The van der Waals surface area contributed by atoms with Crippen LogP contribution in [-0.2, 0) is 12.8 Å². The third kappa shape index (κ3) is 3.19. The molecule has 1 aromatic heterocycles. The molecule has 1 fully saturated rings. The maximum Gasteiger partial charge on any atom is 0.335 e. The van der Waals surface area contributed by atoms with Crippen molar-refractivity contribution >= 4 is 12.0 Å². The minimum Gasteiger partial charge on any atom is -0.478 e. The highest BCUT2D eigenvalue weighted by Crippen LogP contribution is 2.57. The molecule has 2 aliphatic rings. The summed E-state index contributed by atoms with van der Waals surface area (Å²) in [5, 5.41) is 21.3. The van der Waals surface area contributed by atoms with Crippen molar-refractivity contribution in [1.29, 1.82) is 0 Å². The standard InChI is InChI=1S/C27H26FNO3/c1-26-17-19-12-15-29(22-8-6-21(28)7-9-22)24(19)16-20(26)11-14-27(26,32)13-10-18-4-2-3-5-23(18)25(30)31/h2-9,12,15-16,32H,10-11,13-14,17H2,1H3,(H,30,31)/t26?,27-/m0/s1.